The average molecular weight is 359 g/mol. The highest BCUT2D eigenvalue weighted by Gasteiger charge is 2.17. The number of carbonyl (C=O) groups is 1. The monoisotopic (exact) mass is 358 g/mol. The van der Waals surface area contributed by atoms with Crippen LogP contribution in [0.5, 0.6) is 0 Å². The predicted molar refractivity (Wildman–Crippen MR) is 96.8 cm³/mol. The number of hydrogen-bond donors (Lipinski definition) is 1. The van der Waals surface area contributed by atoms with E-state index >= 15 is 0 Å². The van der Waals surface area contributed by atoms with E-state index in [1.165, 1.54) is 0 Å². The Bertz CT molecular complexity index is 943. The van der Waals surface area contributed by atoms with Crippen molar-refractivity contribution in [3.8, 4) is 11.5 Å². The van der Waals surface area contributed by atoms with Crippen LogP contribution in [0, 0.1) is 27.7 Å². The number of anilines is 1. The maximum atomic E-state index is 12.5. The minimum absolute atomic E-state index is 0.125. The van der Waals surface area contributed by atoms with Crippen molar-refractivity contribution in [2.24, 2.45) is 0 Å². The summed E-state index contributed by atoms with van der Waals surface area (Å²) in [6, 6.07) is 7.39. The van der Waals surface area contributed by atoms with E-state index in [9.17, 15) is 4.79 Å². The van der Waals surface area contributed by atoms with Crippen molar-refractivity contribution in [1.29, 1.82) is 0 Å². The van der Waals surface area contributed by atoms with E-state index in [4.69, 9.17) is 16.0 Å². The number of rotatable bonds is 4. The third-order valence-corrected chi connectivity index (χ3v) is 4.58. The van der Waals surface area contributed by atoms with Crippen LogP contribution in [0.3, 0.4) is 0 Å². The van der Waals surface area contributed by atoms with Gasteiger partial charge in [0.25, 0.3) is 0 Å². The van der Waals surface area contributed by atoms with Gasteiger partial charge in [0.15, 0.2) is 0 Å². The molecular formula is C18H19ClN4O2. The van der Waals surface area contributed by atoms with Gasteiger partial charge in [0.2, 0.25) is 17.7 Å². The second kappa shape index (κ2) is 6.72. The lowest BCUT2D eigenvalue weighted by Crippen LogP contribution is -2.20. The third-order valence-electron chi connectivity index (χ3n) is 4.17. The summed E-state index contributed by atoms with van der Waals surface area (Å²) in [5, 5.41) is 11.5. The summed E-state index contributed by atoms with van der Waals surface area (Å²) in [7, 11) is 0. The number of aryl methyl sites for hydroxylation is 2. The first kappa shape index (κ1) is 17.2. The molecule has 0 aliphatic heterocycles. The van der Waals surface area contributed by atoms with E-state index in [1.54, 1.807) is 13.0 Å². The van der Waals surface area contributed by atoms with Crippen molar-refractivity contribution in [2.75, 3.05) is 5.32 Å². The summed E-state index contributed by atoms with van der Waals surface area (Å²) >= 11 is 6.10. The quantitative estimate of drug-likeness (QED) is 0.763. The third kappa shape index (κ3) is 3.44. The molecule has 0 saturated heterocycles. The topological polar surface area (TPSA) is 73.0 Å². The summed E-state index contributed by atoms with van der Waals surface area (Å²) in [5.41, 5.74) is 4.25. The fraction of sp³-hybridized carbons (Fsp3) is 0.278. The number of carbonyl (C=O) groups excluding carboxylic acids is 1. The molecule has 3 aromatic rings. The molecule has 0 bridgehead atoms. The molecule has 6 nitrogen and oxygen atoms in total. The van der Waals surface area contributed by atoms with Gasteiger partial charge in [0.1, 0.15) is 6.54 Å². The number of aromatic nitrogens is 3. The van der Waals surface area contributed by atoms with Crippen LogP contribution in [0.2, 0.25) is 5.02 Å². The Morgan fingerprint density at radius 2 is 2.00 bits per heavy atom. The van der Waals surface area contributed by atoms with Crippen LogP contribution in [0.15, 0.2) is 28.7 Å². The highest BCUT2D eigenvalue weighted by Crippen LogP contribution is 2.26. The summed E-state index contributed by atoms with van der Waals surface area (Å²) < 4.78 is 7.42. The molecule has 3 rings (SSSR count). The van der Waals surface area contributed by atoms with Gasteiger partial charge in [-0.25, -0.2) is 0 Å². The molecule has 2 heterocycles. The molecule has 25 heavy (non-hydrogen) atoms. The van der Waals surface area contributed by atoms with Gasteiger partial charge < -0.3 is 14.3 Å². The van der Waals surface area contributed by atoms with Crippen LogP contribution < -0.4 is 5.32 Å². The Labute approximate surface area is 150 Å². The molecule has 1 N–H and O–H groups in total. The first-order valence-electron chi connectivity index (χ1n) is 7.89. The molecule has 130 valence electrons. The van der Waals surface area contributed by atoms with E-state index in [0.717, 1.165) is 22.5 Å². The van der Waals surface area contributed by atoms with E-state index in [2.05, 4.69) is 15.5 Å². The molecule has 0 fully saturated rings. The van der Waals surface area contributed by atoms with Crippen molar-refractivity contribution >= 4 is 23.2 Å². The average Bonchev–Trinajstić information content (AvgIpc) is 3.10. The first-order chi connectivity index (χ1) is 11.9. The number of amides is 1. The number of hydrogen-bond acceptors (Lipinski definition) is 4. The van der Waals surface area contributed by atoms with E-state index in [1.807, 2.05) is 43.5 Å². The molecule has 0 saturated carbocycles. The zero-order valence-corrected chi connectivity index (χ0v) is 15.3. The molecule has 0 aliphatic rings. The number of benzene rings is 1. The van der Waals surface area contributed by atoms with Crippen LogP contribution in [-0.4, -0.2) is 20.7 Å². The van der Waals surface area contributed by atoms with Crippen molar-refractivity contribution in [3.05, 3.63) is 52.1 Å². The normalized spacial score (nSPS) is 10.9. The van der Waals surface area contributed by atoms with Crippen LogP contribution in [0.4, 0.5) is 5.69 Å². The molecule has 0 radical (unpaired) electrons. The molecular weight excluding hydrogens is 340 g/mol. The predicted octanol–water partition coefficient (Wildman–Crippen LogP) is 4.06. The Hall–Kier alpha value is -2.60. The number of nitrogens with zero attached hydrogens (tertiary/aromatic N) is 3. The van der Waals surface area contributed by atoms with Gasteiger partial charge in [-0.3, -0.25) is 4.79 Å². The molecule has 7 heteroatoms. The molecule has 0 atom stereocenters. The van der Waals surface area contributed by atoms with Gasteiger partial charge in [-0.15, -0.1) is 10.2 Å². The lowest BCUT2D eigenvalue weighted by molar-refractivity contribution is -0.116. The molecule has 1 aromatic carbocycles. The smallest absolute Gasteiger partial charge is 0.249 e. The summed E-state index contributed by atoms with van der Waals surface area (Å²) in [5.74, 6) is 0.845. The number of nitrogens with one attached hydrogen (secondary N) is 1. The second-order valence-corrected chi connectivity index (χ2v) is 6.36. The minimum Gasteiger partial charge on any atom is -0.421 e. The van der Waals surface area contributed by atoms with Gasteiger partial charge in [-0.05, 0) is 44.5 Å². The van der Waals surface area contributed by atoms with Gasteiger partial charge in [-0.2, -0.15) is 0 Å². The Balaban J connectivity index is 1.82. The fourth-order valence-electron chi connectivity index (χ4n) is 2.74. The van der Waals surface area contributed by atoms with Crippen molar-refractivity contribution in [3.63, 3.8) is 0 Å². The Morgan fingerprint density at radius 3 is 2.68 bits per heavy atom. The Morgan fingerprint density at radius 1 is 1.24 bits per heavy atom. The van der Waals surface area contributed by atoms with Crippen LogP contribution in [0.1, 0.15) is 22.8 Å². The van der Waals surface area contributed by atoms with Crippen molar-refractivity contribution in [2.45, 2.75) is 34.2 Å². The van der Waals surface area contributed by atoms with Crippen LogP contribution in [-0.2, 0) is 11.3 Å². The SMILES string of the molecule is Cc1nnc(-c2cc(C)n(CC(=O)Nc3cccc(Cl)c3C)c2C)o1. The number of halogens is 1. The van der Waals surface area contributed by atoms with E-state index in [0.29, 0.717) is 22.5 Å². The summed E-state index contributed by atoms with van der Waals surface area (Å²) in [6.45, 7) is 7.69. The molecule has 0 spiro atoms. The maximum Gasteiger partial charge on any atom is 0.249 e. The second-order valence-electron chi connectivity index (χ2n) is 5.96. The first-order valence-corrected chi connectivity index (χ1v) is 8.26. The zero-order valence-electron chi connectivity index (χ0n) is 14.6. The van der Waals surface area contributed by atoms with Gasteiger partial charge >= 0.3 is 0 Å². The minimum atomic E-state index is -0.125. The van der Waals surface area contributed by atoms with Gasteiger partial charge in [0, 0.05) is 29.0 Å². The lowest BCUT2D eigenvalue weighted by Gasteiger charge is -2.12. The highest BCUT2D eigenvalue weighted by atomic mass is 35.5. The van der Waals surface area contributed by atoms with Crippen LogP contribution >= 0.6 is 11.6 Å². The molecule has 2 aromatic heterocycles. The molecule has 0 unspecified atom stereocenters. The standard InChI is InChI=1S/C18H19ClN4O2/c1-10-8-14(18-22-21-13(4)25-18)12(3)23(10)9-17(24)20-16-7-5-6-15(19)11(16)2/h5-8H,9H2,1-4H3,(H,20,24). The Kier molecular flexibility index (Phi) is 4.63. The van der Waals surface area contributed by atoms with Crippen LogP contribution in [0.25, 0.3) is 11.5 Å². The van der Waals surface area contributed by atoms with E-state index in [-0.39, 0.29) is 12.5 Å². The maximum absolute atomic E-state index is 12.5. The highest BCUT2D eigenvalue weighted by molar-refractivity contribution is 6.31. The summed E-state index contributed by atoms with van der Waals surface area (Å²) in [4.78, 5) is 12.5. The lowest BCUT2D eigenvalue weighted by atomic mass is 10.2. The molecule has 0 aliphatic carbocycles. The van der Waals surface area contributed by atoms with Gasteiger partial charge in [-0.1, -0.05) is 17.7 Å². The largest absolute Gasteiger partial charge is 0.421 e. The van der Waals surface area contributed by atoms with E-state index < -0.39 is 0 Å². The zero-order chi connectivity index (χ0) is 18.1. The summed E-state index contributed by atoms with van der Waals surface area (Å²) in [6.07, 6.45) is 0. The van der Waals surface area contributed by atoms with Crippen molar-refractivity contribution in [1.82, 2.24) is 14.8 Å². The molecule has 1 amide bonds. The van der Waals surface area contributed by atoms with Crippen molar-refractivity contribution < 1.29 is 9.21 Å². The van der Waals surface area contributed by atoms with Gasteiger partial charge in [0.05, 0.1) is 5.56 Å². The fourth-order valence-corrected chi connectivity index (χ4v) is 2.92.